The number of rotatable bonds is 6. The monoisotopic (exact) mass is 461 g/mol. The zero-order chi connectivity index (χ0) is 24.3. The second-order valence-corrected chi connectivity index (χ2v) is 7.27. The molecule has 33 heavy (non-hydrogen) atoms. The van der Waals surface area contributed by atoms with E-state index in [9.17, 15) is 23.2 Å². The number of pyridine rings is 1. The number of benzene rings is 1. The van der Waals surface area contributed by atoms with E-state index in [2.05, 4.69) is 9.72 Å². The van der Waals surface area contributed by atoms with Crippen LogP contribution in [-0.2, 0) is 16.0 Å². The summed E-state index contributed by atoms with van der Waals surface area (Å²) in [6.07, 6.45) is -3.05. The minimum absolute atomic E-state index is 0.0169. The van der Waals surface area contributed by atoms with Crippen LogP contribution in [0.4, 0.5) is 24.5 Å². The Balaban J connectivity index is 2.23. The van der Waals surface area contributed by atoms with E-state index in [0.717, 1.165) is 5.56 Å². The summed E-state index contributed by atoms with van der Waals surface area (Å²) in [4.78, 5) is 18.7. The molecule has 0 bridgehead atoms. The van der Waals surface area contributed by atoms with E-state index in [0.29, 0.717) is 40.6 Å². The molecule has 2 aromatic rings. The number of aromatic nitrogens is 1. The van der Waals surface area contributed by atoms with E-state index >= 15 is 0 Å². The first-order valence-electron chi connectivity index (χ1n) is 10.0. The van der Waals surface area contributed by atoms with Crippen LogP contribution >= 0.6 is 0 Å². The first-order chi connectivity index (χ1) is 15.6. The van der Waals surface area contributed by atoms with Gasteiger partial charge in [-0.15, -0.1) is 0 Å². The smallest absolute Gasteiger partial charge is 0.422 e. The van der Waals surface area contributed by atoms with Crippen molar-refractivity contribution in [2.75, 3.05) is 25.2 Å². The van der Waals surface area contributed by atoms with Gasteiger partial charge in [0.2, 0.25) is 5.88 Å². The zero-order valence-corrected chi connectivity index (χ0v) is 18.5. The topological polar surface area (TPSA) is 84.7 Å². The third kappa shape index (κ3) is 4.87. The van der Waals surface area contributed by atoms with Gasteiger partial charge in [0.15, 0.2) is 6.61 Å². The van der Waals surface area contributed by atoms with Crippen molar-refractivity contribution in [3.05, 3.63) is 52.4 Å². The quantitative estimate of drug-likeness (QED) is 0.575. The number of fused-ring (bicyclic) bond motifs is 1. The SMILES string of the molecule is CCOc1ncc(C)c2c1CC(C(=O)OCC(F)(F)F)=C(C)N2c1ccc(C#N)cc1OC. The Bertz CT molecular complexity index is 1150. The maximum absolute atomic E-state index is 12.7. The molecule has 0 saturated carbocycles. The molecule has 174 valence electrons. The van der Waals surface area contributed by atoms with Crippen molar-refractivity contribution in [3.8, 4) is 17.7 Å². The molecule has 0 radical (unpaired) electrons. The molecular weight excluding hydrogens is 439 g/mol. The molecule has 0 unspecified atom stereocenters. The second kappa shape index (κ2) is 9.40. The average molecular weight is 461 g/mol. The number of ether oxygens (including phenoxy) is 3. The lowest BCUT2D eigenvalue weighted by Gasteiger charge is -2.35. The molecule has 0 spiro atoms. The Hall–Kier alpha value is -3.74. The molecule has 2 heterocycles. The number of aryl methyl sites for hydroxylation is 1. The first kappa shape index (κ1) is 23.9. The molecule has 0 aliphatic carbocycles. The fourth-order valence-electron chi connectivity index (χ4n) is 3.66. The number of hydrogen-bond donors (Lipinski definition) is 0. The van der Waals surface area contributed by atoms with Crippen LogP contribution in [-0.4, -0.2) is 37.5 Å². The molecule has 0 fully saturated rings. The summed E-state index contributed by atoms with van der Waals surface area (Å²) in [5, 5.41) is 9.24. The molecule has 0 N–H and O–H groups in total. The number of nitriles is 1. The summed E-state index contributed by atoms with van der Waals surface area (Å²) in [6, 6.07) is 6.81. The van der Waals surface area contributed by atoms with Crippen molar-refractivity contribution < 1.29 is 32.2 Å². The summed E-state index contributed by atoms with van der Waals surface area (Å²) in [5.74, 6) is -0.472. The highest BCUT2D eigenvalue weighted by Crippen LogP contribution is 2.47. The van der Waals surface area contributed by atoms with Crippen LogP contribution in [0.1, 0.15) is 30.5 Å². The van der Waals surface area contributed by atoms with E-state index in [-0.39, 0.29) is 17.9 Å². The van der Waals surface area contributed by atoms with Crippen LogP contribution in [0, 0.1) is 18.3 Å². The normalized spacial score (nSPS) is 13.3. The molecule has 7 nitrogen and oxygen atoms in total. The third-order valence-electron chi connectivity index (χ3n) is 5.09. The highest BCUT2D eigenvalue weighted by molar-refractivity contribution is 5.95. The van der Waals surface area contributed by atoms with Gasteiger partial charge in [0.1, 0.15) is 5.75 Å². The summed E-state index contributed by atoms with van der Waals surface area (Å²) < 4.78 is 53.7. The maximum atomic E-state index is 12.7. The van der Waals surface area contributed by atoms with E-state index in [1.807, 2.05) is 13.0 Å². The number of nitrogens with zero attached hydrogens (tertiary/aromatic N) is 3. The third-order valence-corrected chi connectivity index (χ3v) is 5.09. The van der Waals surface area contributed by atoms with E-state index in [1.165, 1.54) is 7.11 Å². The van der Waals surface area contributed by atoms with Crippen LogP contribution in [0.25, 0.3) is 0 Å². The molecule has 1 aromatic carbocycles. The number of anilines is 2. The van der Waals surface area contributed by atoms with Gasteiger partial charge in [-0.25, -0.2) is 9.78 Å². The van der Waals surface area contributed by atoms with Crippen molar-refractivity contribution in [1.82, 2.24) is 4.98 Å². The molecule has 0 saturated heterocycles. The molecule has 0 amide bonds. The number of halogens is 3. The summed E-state index contributed by atoms with van der Waals surface area (Å²) in [6.45, 7) is 3.83. The molecular formula is C23H22F3N3O4. The highest BCUT2D eigenvalue weighted by Gasteiger charge is 2.36. The Labute approximate surface area is 189 Å². The number of carbonyl (C=O) groups is 1. The van der Waals surface area contributed by atoms with Crippen molar-refractivity contribution in [1.29, 1.82) is 5.26 Å². The number of methoxy groups -OCH3 is 1. The predicted octanol–water partition coefficient (Wildman–Crippen LogP) is 4.74. The molecule has 1 aromatic heterocycles. The number of esters is 1. The highest BCUT2D eigenvalue weighted by atomic mass is 19.4. The number of carbonyl (C=O) groups excluding carboxylic acids is 1. The Morgan fingerprint density at radius 1 is 1.30 bits per heavy atom. The van der Waals surface area contributed by atoms with Gasteiger partial charge < -0.3 is 19.1 Å². The zero-order valence-electron chi connectivity index (χ0n) is 18.5. The van der Waals surface area contributed by atoms with Gasteiger partial charge in [-0.05, 0) is 38.5 Å². The second-order valence-electron chi connectivity index (χ2n) is 7.27. The number of alkyl halides is 3. The van der Waals surface area contributed by atoms with Crippen LogP contribution in [0.15, 0.2) is 35.7 Å². The lowest BCUT2D eigenvalue weighted by atomic mass is 9.94. The minimum Gasteiger partial charge on any atom is -0.495 e. The summed E-state index contributed by atoms with van der Waals surface area (Å²) in [7, 11) is 1.44. The van der Waals surface area contributed by atoms with Crippen molar-refractivity contribution >= 4 is 17.3 Å². The lowest BCUT2D eigenvalue weighted by molar-refractivity contribution is -0.183. The fourth-order valence-corrected chi connectivity index (χ4v) is 3.66. The lowest BCUT2D eigenvalue weighted by Crippen LogP contribution is -2.30. The van der Waals surface area contributed by atoms with E-state index in [4.69, 9.17) is 9.47 Å². The fraction of sp³-hybridized carbons (Fsp3) is 0.348. The molecule has 3 rings (SSSR count). The summed E-state index contributed by atoms with van der Waals surface area (Å²) >= 11 is 0. The first-order valence-corrected chi connectivity index (χ1v) is 10.0. The van der Waals surface area contributed by atoms with Gasteiger partial charge in [0.25, 0.3) is 0 Å². The maximum Gasteiger partial charge on any atom is 0.422 e. The number of allylic oxidation sites excluding steroid dienone is 1. The largest absolute Gasteiger partial charge is 0.495 e. The summed E-state index contributed by atoms with van der Waals surface area (Å²) in [5.41, 5.74) is 3.21. The molecule has 10 heteroatoms. The van der Waals surface area contributed by atoms with Gasteiger partial charge in [-0.3, -0.25) is 0 Å². The van der Waals surface area contributed by atoms with Crippen molar-refractivity contribution in [2.24, 2.45) is 0 Å². The van der Waals surface area contributed by atoms with E-state index < -0.39 is 18.8 Å². The van der Waals surface area contributed by atoms with Gasteiger partial charge in [-0.1, -0.05) is 0 Å². The van der Waals surface area contributed by atoms with Gasteiger partial charge in [0.05, 0.1) is 42.3 Å². The van der Waals surface area contributed by atoms with Crippen molar-refractivity contribution in [3.63, 3.8) is 0 Å². The van der Waals surface area contributed by atoms with Crippen molar-refractivity contribution in [2.45, 2.75) is 33.4 Å². The van der Waals surface area contributed by atoms with Gasteiger partial charge >= 0.3 is 12.1 Å². The standard InChI is InChI=1S/C23H22F3N3O4/c1-5-32-21-17-9-16(22(30)33-12-23(24,25)26)14(3)29(20(17)13(2)11-28-21)18-7-6-15(10-27)8-19(18)31-4/h6-8,11H,5,9,12H2,1-4H3. The van der Waals surface area contributed by atoms with Crippen LogP contribution in [0.5, 0.6) is 11.6 Å². The molecule has 1 aliphatic rings. The predicted molar refractivity (Wildman–Crippen MR) is 113 cm³/mol. The average Bonchev–Trinajstić information content (AvgIpc) is 2.78. The van der Waals surface area contributed by atoms with E-state index in [1.54, 1.807) is 43.1 Å². The van der Waals surface area contributed by atoms with Crippen LogP contribution in [0.3, 0.4) is 0 Å². The van der Waals surface area contributed by atoms with Crippen LogP contribution in [0.2, 0.25) is 0 Å². The van der Waals surface area contributed by atoms with Crippen LogP contribution < -0.4 is 14.4 Å². The Morgan fingerprint density at radius 2 is 2.03 bits per heavy atom. The van der Waals surface area contributed by atoms with Gasteiger partial charge in [0, 0.05) is 29.9 Å². The molecule has 1 aliphatic heterocycles. The minimum atomic E-state index is -4.65. The Kier molecular flexibility index (Phi) is 6.81. The number of hydrogen-bond acceptors (Lipinski definition) is 7. The van der Waals surface area contributed by atoms with Gasteiger partial charge in [-0.2, -0.15) is 18.4 Å². The Morgan fingerprint density at radius 3 is 2.64 bits per heavy atom. The molecule has 0 atom stereocenters.